The number of nitrogens with zero attached hydrogens (tertiary/aromatic N) is 5. The van der Waals surface area contributed by atoms with Crippen molar-refractivity contribution in [2.45, 2.75) is 38.9 Å². The van der Waals surface area contributed by atoms with Gasteiger partial charge in [0.05, 0.1) is 28.2 Å². The third kappa shape index (κ3) is 4.63. The highest BCUT2D eigenvalue weighted by Crippen LogP contribution is 2.39. The summed E-state index contributed by atoms with van der Waals surface area (Å²) in [6.07, 6.45) is -3.46. The van der Waals surface area contributed by atoms with Gasteiger partial charge in [0.15, 0.2) is 11.5 Å². The zero-order valence-corrected chi connectivity index (χ0v) is 21.9. The fourth-order valence-electron chi connectivity index (χ4n) is 4.98. The Balaban J connectivity index is 1.92. The maximum absolute atomic E-state index is 15.7. The molecule has 1 fully saturated rings. The summed E-state index contributed by atoms with van der Waals surface area (Å²) in [6.45, 7) is 5.89. The number of benzene rings is 1. The molecule has 0 spiro atoms. The van der Waals surface area contributed by atoms with Crippen molar-refractivity contribution in [2.24, 2.45) is 0 Å². The number of aromatic nitrogens is 4. The molecule has 0 aliphatic carbocycles. The molecule has 1 saturated heterocycles. The number of fused-ring (bicyclic) bond motifs is 1. The van der Waals surface area contributed by atoms with Crippen molar-refractivity contribution in [3.05, 3.63) is 69.9 Å². The van der Waals surface area contributed by atoms with Crippen LogP contribution in [0.5, 0.6) is 0 Å². The Morgan fingerprint density at radius 2 is 1.90 bits per heavy atom. The van der Waals surface area contributed by atoms with Gasteiger partial charge in [-0.2, -0.15) is 18.2 Å². The van der Waals surface area contributed by atoms with Crippen molar-refractivity contribution in [2.75, 3.05) is 30.3 Å². The van der Waals surface area contributed by atoms with Crippen LogP contribution in [0.2, 0.25) is 0 Å². The average Bonchev–Trinajstić information content (AvgIpc) is 2.88. The lowest BCUT2D eigenvalue weighted by Gasteiger charge is -2.35. The SMILES string of the molecule is Cc1ccnc([C@@H](C)C(F)(F)F)c1-n1c(=O)nc(N2CCNC[C@@H]2C)c2cc(F)c(-c3c(N)cccc3F)nc21. The standard InChI is InChI=1S/C27H26F5N7O/c1-13-7-8-35-21(15(3)27(30,31)32)23(13)39-25-16(24(37-26(39)40)38-10-9-34-12-14(38)2)11-18(29)22(36-25)20-17(28)5-4-6-19(20)33/h4-8,11,14-15,34H,9-10,12,33H2,1-3H3/t14-,15+/m0/s1. The summed E-state index contributed by atoms with van der Waals surface area (Å²) < 4.78 is 73.1. The van der Waals surface area contributed by atoms with Crippen LogP contribution >= 0.6 is 0 Å². The Morgan fingerprint density at radius 3 is 2.58 bits per heavy atom. The van der Waals surface area contributed by atoms with Gasteiger partial charge in [-0.25, -0.2) is 23.1 Å². The number of aryl methyl sites for hydroxylation is 1. The maximum Gasteiger partial charge on any atom is 0.397 e. The Kier molecular flexibility index (Phi) is 6.94. The molecule has 1 aliphatic heterocycles. The fraction of sp³-hybridized carbons (Fsp3) is 0.333. The number of halogens is 5. The van der Waals surface area contributed by atoms with E-state index in [0.717, 1.165) is 23.6 Å². The van der Waals surface area contributed by atoms with E-state index in [1.54, 1.807) is 4.90 Å². The Morgan fingerprint density at radius 1 is 1.15 bits per heavy atom. The Labute approximate surface area is 225 Å². The van der Waals surface area contributed by atoms with Crippen molar-refractivity contribution >= 4 is 22.5 Å². The van der Waals surface area contributed by atoms with Crippen LogP contribution in [0.25, 0.3) is 28.0 Å². The molecule has 8 nitrogen and oxygen atoms in total. The molecule has 3 N–H and O–H groups in total. The summed E-state index contributed by atoms with van der Waals surface area (Å²) in [5.41, 5.74) is 3.58. The summed E-state index contributed by atoms with van der Waals surface area (Å²) in [5.74, 6) is -3.73. The van der Waals surface area contributed by atoms with Crippen LogP contribution in [-0.4, -0.2) is 51.4 Å². The van der Waals surface area contributed by atoms with Gasteiger partial charge in [-0.3, -0.25) is 4.98 Å². The van der Waals surface area contributed by atoms with Crippen molar-refractivity contribution in [1.82, 2.24) is 24.8 Å². The molecule has 1 aromatic carbocycles. The number of piperazine rings is 1. The van der Waals surface area contributed by atoms with E-state index in [1.807, 2.05) is 6.92 Å². The molecule has 2 atom stereocenters. The first-order chi connectivity index (χ1) is 18.9. The molecule has 0 saturated carbocycles. The molecular weight excluding hydrogens is 533 g/mol. The summed E-state index contributed by atoms with van der Waals surface area (Å²) in [7, 11) is 0. The van der Waals surface area contributed by atoms with Gasteiger partial charge in [-0.05, 0) is 50.6 Å². The van der Waals surface area contributed by atoms with Gasteiger partial charge in [-0.15, -0.1) is 0 Å². The molecule has 4 heterocycles. The van der Waals surface area contributed by atoms with Gasteiger partial charge in [0.2, 0.25) is 0 Å². The number of alkyl halides is 3. The number of nitrogens with two attached hydrogens (primary N) is 1. The second kappa shape index (κ2) is 10.1. The van der Waals surface area contributed by atoms with E-state index in [0.29, 0.717) is 19.6 Å². The van der Waals surface area contributed by atoms with Gasteiger partial charge >= 0.3 is 11.9 Å². The summed E-state index contributed by atoms with van der Waals surface area (Å²) >= 11 is 0. The normalized spacial score (nSPS) is 16.9. The van der Waals surface area contributed by atoms with Gasteiger partial charge in [0, 0.05) is 37.6 Å². The number of hydrogen-bond acceptors (Lipinski definition) is 7. The molecule has 0 amide bonds. The van der Waals surface area contributed by atoms with E-state index in [2.05, 4.69) is 20.3 Å². The highest BCUT2D eigenvalue weighted by Gasteiger charge is 2.40. The highest BCUT2D eigenvalue weighted by atomic mass is 19.4. The minimum Gasteiger partial charge on any atom is -0.398 e. The minimum atomic E-state index is -4.68. The quantitative estimate of drug-likeness (QED) is 0.281. The topological polar surface area (TPSA) is 102 Å². The zero-order valence-electron chi connectivity index (χ0n) is 21.9. The van der Waals surface area contributed by atoms with Crippen LogP contribution in [0.1, 0.15) is 31.0 Å². The molecule has 1 aliphatic rings. The van der Waals surface area contributed by atoms with E-state index in [9.17, 15) is 22.4 Å². The van der Waals surface area contributed by atoms with E-state index in [4.69, 9.17) is 5.73 Å². The fourth-order valence-corrected chi connectivity index (χ4v) is 4.98. The van der Waals surface area contributed by atoms with Crippen molar-refractivity contribution < 1.29 is 22.0 Å². The molecule has 0 bridgehead atoms. The molecule has 210 valence electrons. The predicted octanol–water partition coefficient (Wildman–Crippen LogP) is 4.48. The van der Waals surface area contributed by atoms with Crippen molar-refractivity contribution in [3.63, 3.8) is 0 Å². The molecule has 0 unspecified atom stereocenters. The summed E-state index contributed by atoms with van der Waals surface area (Å²) in [6, 6.07) is 6.16. The van der Waals surface area contributed by atoms with Crippen LogP contribution in [0, 0.1) is 18.6 Å². The molecule has 5 rings (SSSR count). The van der Waals surface area contributed by atoms with Gasteiger partial charge in [0.25, 0.3) is 0 Å². The zero-order chi connectivity index (χ0) is 28.9. The number of nitrogen functional groups attached to an aromatic ring is 1. The minimum absolute atomic E-state index is 0.0679. The molecule has 0 radical (unpaired) electrons. The van der Waals surface area contributed by atoms with Gasteiger partial charge in [-0.1, -0.05) is 6.07 Å². The van der Waals surface area contributed by atoms with Gasteiger partial charge < -0.3 is 16.0 Å². The number of rotatable bonds is 4. The Bertz CT molecular complexity index is 1650. The van der Waals surface area contributed by atoms with Crippen molar-refractivity contribution in [1.29, 1.82) is 0 Å². The largest absolute Gasteiger partial charge is 0.398 e. The first kappa shape index (κ1) is 27.4. The second-order valence-electron chi connectivity index (χ2n) is 9.82. The van der Waals surface area contributed by atoms with E-state index in [-0.39, 0.29) is 45.4 Å². The molecule has 13 heteroatoms. The molecule has 3 aromatic heterocycles. The van der Waals surface area contributed by atoms with E-state index >= 15 is 4.39 Å². The van der Waals surface area contributed by atoms with Crippen LogP contribution in [-0.2, 0) is 0 Å². The number of nitrogens with one attached hydrogen (secondary N) is 1. The second-order valence-corrected chi connectivity index (χ2v) is 9.82. The molecule has 40 heavy (non-hydrogen) atoms. The van der Waals surface area contributed by atoms with Crippen molar-refractivity contribution in [3.8, 4) is 16.9 Å². The third-order valence-electron chi connectivity index (χ3n) is 7.14. The van der Waals surface area contributed by atoms with Gasteiger partial charge in [0.1, 0.15) is 17.3 Å². The molecular formula is C27H26F5N7O. The lowest BCUT2D eigenvalue weighted by Crippen LogP contribution is -2.50. The maximum atomic E-state index is 15.7. The highest BCUT2D eigenvalue weighted by molar-refractivity contribution is 5.91. The summed E-state index contributed by atoms with van der Waals surface area (Å²) in [5, 5.41) is 3.29. The van der Waals surface area contributed by atoms with Crippen LogP contribution in [0.4, 0.5) is 33.5 Å². The Hall–Kier alpha value is -4.13. The van der Waals surface area contributed by atoms with E-state index in [1.165, 1.54) is 31.3 Å². The third-order valence-corrected chi connectivity index (χ3v) is 7.14. The lowest BCUT2D eigenvalue weighted by molar-refractivity contribution is -0.147. The lowest BCUT2D eigenvalue weighted by atomic mass is 10.0. The molecule has 4 aromatic rings. The number of pyridine rings is 2. The predicted molar refractivity (Wildman–Crippen MR) is 142 cm³/mol. The number of hydrogen-bond donors (Lipinski definition) is 2. The number of anilines is 2. The average molecular weight is 560 g/mol. The first-order valence-electron chi connectivity index (χ1n) is 12.6. The first-order valence-corrected chi connectivity index (χ1v) is 12.6. The summed E-state index contributed by atoms with van der Waals surface area (Å²) in [4.78, 5) is 28.1. The smallest absolute Gasteiger partial charge is 0.397 e. The van der Waals surface area contributed by atoms with E-state index < -0.39 is 40.8 Å². The van der Waals surface area contributed by atoms with Crippen LogP contribution in [0.15, 0.2) is 41.3 Å². The van der Waals surface area contributed by atoms with Crippen LogP contribution in [0.3, 0.4) is 0 Å². The van der Waals surface area contributed by atoms with Crippen LogP contribution < -0.4 is 21.6 Å². The monoisotopic (exact) mass is 559 g/mol.